The number of aryl methyl sites for hydroxylation is 1. The number of benzene rings is 2. The van der Waals surface area contributed by atoms with Crippen molar-refractivity contribution in [2.24, 2.45) is 0 Å². The molecule has 4 aromatic rings. The van der Waals surface area contributed by atoms with Crippen molar-refractivity contribution in [3.8, 4) is 0 Å². The summed E-state index contributed by atoms with van der Waals surface area (Å²) in [4.78, 5) is 12.2. The molecule has 0 amide bonds. The van der Waals surface area contributed by atoms with Crippen molar-refractivity contribution in [1.29, 1.82) is 0 Å². The maximum atomic E-state index is 6.09. The average molecular weight is 364 g/mol. The Morgan fingerprint density at radius 2 is 1.81 bits per heavy atom. The third-order valence-corrected chi connectivity index (χ3v) is 4.47. The number of rotatable bonds is 5. The Morgan fingerprint density at radius 1 is 1.00 bits per heavy atom. The molecule has 0 spiro atoms. The van der Waals surface area contributed by atoms with E-state index in [1.165, 1.54) is 0 Å². The number of hydrogen-bond donors (Lipinski definition) is 3. The molecule has 0 aliphatic heterocycles. The highest BCUT2D eigenvalue weighted by molar-refractivity contribution is 6.30. The first-order valence-corrected chi connectivity index (χ1v) is 8.72. The smallest absolute Gasteiger partial charge is 0.143 e. The van der Waals surface area contributed by atoms with Gasteiger partial charge in [-0.25, -0.2) is 9.97 Å². The molecule has 26 heavy (non-hydrogen) atoms. The molecule has 0 fully saturated rings. The molecule has 0 radical (unpaired) electrons. The zero-order valence-corrected chi connectivity index (χ0v) is 15.0. The monoisotopic (exact) mass is 363 g/mol. The predicted octanol–water partition coefficient (Wildman–Crippen LogP) is 5.28. The molecule has 0 aliphatic rings. The van der Waals surface area contributed by atoms with E-state index in [1.807, 2.05) is 61.5 Å². The average Bonchev–Trinajstić information content (AvgIpc) is 2.97. The van der Waals surface area contributed by atoms with Crippen LogP contribution in [0.1, 0.15) is 11.3 Å². The van der Waals surface area contributed by atoms with Gasteiger partial charge in [-0.15, -0.1) is 0 Å². The molecule has 0 atom stereocenters. The summed E-state index contributed by atoms with van der Waals surface area (Å²) in [5, 5.41) is 8.47. The van der Waals surface area contributed by atoms with Gasteiger partial charge in [-0.2, -0.15) is 0 Å². The third-order valence-electron chi connectivity index (χ3n) is 4.24. The summed E-state index contributed by atoms with van der Waals surface area (Å²) in [6.45, 7) is 2.72. The summed E-state index contributed by atoms with van der Waals surface area (Å²) in [6.07, 6.45) is 1.56. The minimum atomic E-state index is 0.674. The summed E-state index contributed by atoms with van der Waals surface area (Å²) in [5.41, 5.74) is 4.97. The van der Waals surface area contributed by atoms with Crippen molar-refractivity contribution in [3.63, 3.8) is 0 Å². The molecule has 3 N–H and O–H groups in total. The molecule has 0 saturated carbocycles. The van der Waals surface area contributed by atoms with Crippen LogP contribution in [0.3, 0.4) is 0 Å². The summed E-state index contributed by atoms with van der Waals surface area (Å²) in [5.74, 6) is 0.756. The van der Waals surface area contributed by atoms with Gasteiger partial charge in [-0.3, -0.25) is 0 Å². The molecule has 2 aromatic heterocycles. The minimum Gasteiger partial charge on any atom is -0.381 e. The van der Waals surface area contributed by atoms with Crippen LogP contribution in [-0.4, -0.2) is 15.0 Å². The van der Waals surface area contributed by atoms with E-state index in [0.717, 1.165) is 39.5 Å². The lowest BCUT2D eigenvalue weighted by atomic mass is 10.1. The summed E-state index contributed by atoms with van der Waals surface area (Å²) in [7, 11) is 0. The second-order valence-electron chi connectivity index (χ2n) is 6.03. The van der Waals surface area contributed by atoms with Crippen molar-refractivity contribution in [2.75, 3.05) is 10.6 Å². The molecule has 6 heteroatoms. The maximum Gasteiger partial charge on any atom is 0.143 e. The van der Waals surface area contributed by atoms with Gasteiger partial charge in [0.15, 0.2) is 0 Å². The Balaban J connectivity index is 1.70. The number of aromatic amines is 1. The van der Waals surface area contributed by atoms with Crippen LogP contribution in [0.4, 0.5) is 17.2 Å². The molecule has 2 heterocycles. The second kappa shape index (κ2) is 7.06. The Hall–Kier alpha value is -3.05. The molecule has 0 saturated heterocycles. The van der Waals surface area contributed by atoms with Crippen molar-refractivity contribution in [2.45, 2.75) is 13.5 Å². The molecule has 2 aromatic carbocycles. The molecular formula is C20H18ClN5. The maximum absolute atomic E-state index is 6.09. The molecule has 0 unspecified atom stereocenters. The lowest BCUT2D eigenvalue weighted by Crippen LogP contribution is -2.02. The van der Waals surface area contributed by atoms with Crippen LogP contribution in [0.25, 0.3) is 11.0 Å². The van der Waals surface area contributed by atoms with Crippen LogP contribution in [0.15, 0.2) is 60.9 Å². The van der Waals surface area contributed by atoms with Gasteiger partial charge in [0, 0.05) is 34.2 Å². The summed E-state index contributed by atoms with van der Waals surface area (Å²) >= 11 is 6.09. The van der Waals surface area contributed by atoms with Crippen molar-refractivity contribution >= 4 is 39.8 Å². The highest BCUT2D eigenvalue weighted by Gasteiger charge is 2.14. The van der Waals surface area contributed by atoms with Crippen LogP contribution in [0, 0.1) is 6.92 Å². The number of para-hydroxylation sites is 1. The quantitative estimate of drug-likeness (QED) is 0.451. The number of nitrogens with zero attached hydrogens (tertiary/aromatic N) is 2. The van der Waals surface area contributed by atoms with Crippen LogP contribution in [0.5, 0.6) is 0 Å². The first-order chi connectivity index (χ1) is 12.7. The zero-order chi connectivity index (χ0) is 17.9. The van der Waals surface area contributed by atoms with E-state index in [-0.39, 0.29) is 0 Å². The Morgan fingerprint density at radius 3 is 2.62 bits per heavy atom. The number of anilines is 3. The lowest BCUT2D eigenvalue weighted by molar-refractivity contribution is 1.11. The fourth-order valence-corrected chi connectivity index (χ4v) is 3.16. The molecule has 0 bridgehead atoms. The summed E-state index contributed by atoms with van der Waals surface area (Å²) in [6, 6.07) is 17.7. The lowest BCUT2D eigenvalue weighted by Gasteiger charge is -2.10. The molecular weight excluding hydrogens is 346 g/mol. The number of fused-ring (bicyclic) bond motifs is 1. The van der Waals surface area contributed by atoms with Gasteiger partial charge in [0.1, 0.15) is 17.8 Å². The Kier molecular flexibility index (Phi) is 4.46. The van der Waals surface area contributed by atoms with Gasteiger partial charge < -0.3 is 15.6 Å². The third kappa shape index (κ3) is 3.34. The summed E-state index contributed by atoms with van der Waals surface area (Å²) < 4.78 is 0. The van der Waals surface area contributed by atoms with E-state index < -0.39 is 0 Å². The van der Waals surface area contributed by atoms with E-state index >= 15 is 0 Å². The standard InChI is InChI=1S/C20H18ClN5/c1-13-17(11-22-15-7-3-2-4-8-15)18-19(25-13)23-12-24-20(18)26-16-9-5-6-14(21)10-16/h2-10,12,22H,11H2,1H3,(H2,23,24,25,26). The SMILES string of the molecule is Cc1[nH]c2ncnc(Nc3cccc(Cl)c3)c2c1CNc1ccccc1. The topological polar surface area (TPSA) is 65.6 Å². The minimum absolute atomic E-state index is 0.674. The largest absolute Gasteiger partial charge is 0.381 e. The molecule has 130 valence electrons. The normalized spacial score (nSPS) is 10.8. The van der Waals surface area contributed by atoms with Crippen molar-refractivity contribution in [3.05, 3.63) is 77.2 Å². The fraction of sp³-hybridized carbons (Fsp3) is 0.100. The molecule has 4 rings (SSSR count). The number of nitrogens with one attached hydrogen (secondary N) is 3. The van der Waals surface area contributed by atoms with Gasteiger partial charge >= 0.3 is 0 Å². The van der Waals surface area contributed by atoms with E-state index in [2.05, 4.69) is 25.6 Å². The number of halogens is 1. The number of H-pyrrole nitrogens is 1. The van der Waals surface area contributed by atoms with Crippen LogP contribution < -0.4 is 10.6 Å². The van der Waals surface area contributed by atoms with Gasteiger partial charge in [-0.1, -0.05) is 35.9 Å². The highest BCUT2D eigenvalue weighted by Crippen LogP contribution is 2.29. The Labute approximate surface area is 156 Å². The van der Waals surface area contributed by atoms with Crippen LogP contribution >= 0.6 is 11.6 Å². The van der Waals surface area contributed by atoms with Gasteiger partial charge in [0.2, 0.25) is 0 Å². The van der Waals surface area contributed by atoms with Crippen LogP contribution in [-0.2, 0) is 6.54 Å². The molecule has 0 aliphatic carbocycles. The van der Waals surface area contributed by atoms with Crippen molar-refractivity contribution < 1.29 is 0 Å². The number of aromatic nitrogens is 3. The zero-order valence-electron chi connectivity index (χ0n) is 14.3. The molecule has 5 nitrogen and oxygen atoms in total. The Bertz CT molecular complexity index is 1040. The van der Waals surface area contributed by atoms with Gasteiger partial charge in [0.05, 0.1) is 5.39 Å². The van der Waals surface area contributed by atoms with E-state index in [9.17, 15) is 0 Å². The van der Waals surface area contributed by atoms with Crippen LogP contribution in [0.2, 0.25) is 5.02 Å². The second-order valence-corrected chi connectivity index (χ2v) is 6.47. The first-order valence-electron chi connectivity index (χ1n) is 8.34. The predicted molar refractivity (Wildman–Crippen MR) is 107 cm³/mol. The van der Waals surface area contributed by atoms with Crippen molar-refractivity contribution in [1.82, 2.24) is 15.0 Å². The van der Waals surface area contributed by atoms with Gasteiger partial charge in [-0.05, 0) is 37.3 Å². The first kappa shape index (κ1) is 16.4. The highest BCUT2D eigenvalue weighted by atomic mass is 35.5. The van der Waals surface area contributed by atoms with E-state index in [1.54, 1.807) is 6.33 Å². The van der Waals surface area contributed by atoms with Gasteiger partial charge in [0.25, 0.3) is 0 Å². The number of hydrogen-bond acceptors (Lipinski definition) is 4. The fourth-order valence-electron chi connectivity index (χ4n) is 2.97. The van der Waals surface area contributed by atoms with E-state index in [4.69, 9.17) is 11.6 Å². The van der Waals surface area contributed by atoms with E-state index in [0.29, 0.717) is 11.6 Å².